The van der Waals surface area contributed by atoms with Gasteiger partial charge in [0, 0.05) is 32.2 Å². The third-order valence-electron chi connectivity index (χ3n) is 3.17. The van der Waals surface area contributed by atoms with Gasteiger partial charge in [-0.3, -0.25) is 0 Å². The maximum atomic E-state index is 3.43. The SMILES string of the molecule is CNC(CCN1CCNCC1)CC(C)C. The van der Waals surface area contributed by atoms with Gasteiger partial charge in [0.15, 0.2) is 0 Å². The fourth-order valence-corrected chi connectivity index (χ4v) is 2.22. The second-order valence-corrected chi connectivity index (χ2v) is 5.00. The highest BCUT2D eigenvalue weighted by Crippen LogP contribution is 2.08. The minimum atomic E-state index is 0.694. The predicted octanol–water partition coefficient (Wildman–Crippen LogP) is 0.916. The normalized spacial score (nSPS) is 20.8. The van der Waals surface area contributed by atoms with E-state index in [0.717, 1.165) is 19.0 Å². The number of rotatable bonds is 6. The predicted molar refractivity (Wildman–Crippen MR) is 66.2 cm³/mol. The Morgan fingerprint density at radius 3 is 2.47 bits per heavy atom. The molecule has 0 aliphatic carbocycles. The van der Waals surface area contributed by atoms with E-state index >= 15 is 0 Å². The van der Waals surface area contributed by atoms with Gasteiger partial charge in [0.25, 0.3) is 0 Å². The van der Waals surface area contributed by atoms with Crippen molar-refractivity contribution in [2.24, 2.45) is 5.92 Å². The van der Waals surface area contributed by atoms with Crippen molar-refractivity contribution in [2.45, 2.75) is 32.7 Å². The maximum absolute atomic E-state index is 3.43. The smallest absolute Gasteiger partial charge is 0.0107 e. The van der Waals surface area contributed by atoms with Gasteiger partial charge >= 0.3 is 0 Å². The van der Waals surface area contributed by atoms with Crippen LogP contribution in [0, 0.1) is 5.92 Å². The van der Waals surface area contributed by atoms with Crippen LogP contribution in [0.3, 0.4) is 0 Å². The summed E-state index contributed by atoms with van der Waals surface area (Å²) in [6.07, 6.45) is 2.58. The molecule has 1 aliphatic rings. The van der Waals surface area contributed by atoms with E-state index in [0.29, 0.717) is 6.04 Å². The molecule has 3 nitrogen and oxygen atoms in total. The number of piperazine rings is 1. The van der Waals surface area contributed by atoms with E-state index in [9.17, 15) is 0 Å². The first-order valence-corrected chi connectivity index (χ1v) is 6.32. The van der Waals surface area contributed by atoms with Gasteiger partial charge < -0.3 is 15.5 Å². The summed E-state index contributed by atoms with van der Waals surface area (Å²) in [6.45, 7) is 10.6. The molecule has 3 heteroatoms. The number of hydrogen-bond donors (Lipinski definition) is 2. The lowest BCUT2D eigenvalue weighted by Crippen LogP contribution is -2.45. The Morgan fingerprint density at radius 1 is 1.27 bits per heavy atom. The second kappa shape index (κ2) is 7.20. The molecule has 15 heavy (non-hydrogen) atoms. The van der Waals surface area contributed by atoms with Crippen LogP contribution >= 0.6 is 0 Å². The minimum Gasteiger partial charge on any atom is -0.317 e. The summed E-state index contributed by atoms with van der Waals surface area (Å²) in [7, 11) is 2.09. The Bertz CT molecular complexity index is 153. The quantitative estimate of drug-likeness (QED) is 0.687. The van der Waals surface area contributed by atoms with E-state index in [-0.39, 0.29) is 0 Å². The first kappa shape index (κ1) is 12.9. The van der Waals surface area contributed by atoms with Crippen molar-refractivity contribution in [2.75, 3.05) is 39.8 Å². The first-order valence-electron chi connectivity index (χ1n) is 6.32. The summed E-state index contributed by atoms with van der Waals surface area (Å²) in [5, 5.41) is 6.82. The van der Waals surface area contributed by atoms with Gasteiger partial charge in [0.1, 0.15) is 0 Å². The zero-order chi connectivity index (χ0) is 11.1. The van der Waals surface area contributed by atoms with E-state index in [1.807, 2.05) is 0 Å². The minimum absolute atomic E-state index is 0.694. The summed E-state index contributed by atoms with van der Waals surface area (Å²) in [5.41, 5.74) is 0. The Kier molecular flexibility index (Phi) is 6.22. The summed E-state index contributed by atoms with van der Waals surface area (Å²) < 4.78 is 0. The van der Waals surface area contributed by atoms with Crippen molar-refractivity contribution >= 4 is 0 Å². The molecular weight excluding hydrogens is 186 g/mol. The van der Waals surface area contributed by atoms with Crippen molar-refractivity contribution < 1.29 is 0 Å². The molecule has 1 heterocycles. The molecule has 0 spiro atoms. The van der Waals surface area contributed by atoms with E-state index in [2.05, 4.69) is 36.4 Å². The van der Waals surface area contributed by atoms with Crippen LogP contribution in [0.1, 0.15) is 26.7 Å². The highest BCUT2D eigenvalue weighted by atomic mass is 15.2. The summed E-state index contributed by atoms with van der Waals surface area (Å²) >= 11 is 0. The maximum Gasteiger partial charge on any atom is 0.0107 e. The fraction of sp³-hybridized carbons (Fsp3) is 1.00. The highest BCUT2D eigenvalue weighted by molar-refractivity contribution is 4.72. The molecule has 0 saturated carbocycles. The molecule has 1 aliphatic heterocycles. The molecule has 0 aromatic rings. The Morgan fingerprint density at radius 2 is 1.93 bits per heavy atom. The Hall–Kier alpha value is -0.120. The first-order chi connectivity index (χ1) is 7.22. The largest absolute Gasteiger partial charge is 0.317 e. The lowest BCUT2D eigenvalue weighted by atomic mass is 10.0. The third-order valence-corrected chi connectivity index (χ3v) is 3.17. The molecule has 0 amide bonds. The van der Waals surface area contributed by atoms with Crippen LogP contribution in [0.25, 0.3) is 0 Å². The highest BCUT2D eigenvalue weighted by Gasteiger charge is 2.13. The molecule has 1 fully saturated rings. The lowest BCUT2D eigenvalue weighted by Gasteiger charge is -2.29. The fourth-order valence-electron chi connectivity index (χ4n) is 2.22. The zero-order valence-corrected chi connectivity index (χ0v) is 10.6. The Balaban J connectivity index is 2.14. The van der Waals surface area contributed by atoms with Gasteiger partial charge in [0.05, 0.1) is 0 Å². The van der Waals surface area contributed by atoms with Crippen LogP contribution in [0.15, 0.2) is 0 Å². The molecular formula is C12H27N3. The number of nitrogens with one attached hydrogen (secondary N) is 2. The van der Waals surface area contributed by atoms with Crippen LogP contribution in [0.2, 0.25) is 0 Å². The van der Waals surface area contributed by atoms with Crippen molar-refractivity contribution in [3.63, 3.8) is 0 Å². The van der Waals surface area contributed by atoms with Crippen molar-refractivity contribution in [1.82, 2.24) is 15.5 Å². The van der Waals surface area contributed by atoms with Gasteiger partial charge in [-0.15, -0.1) is 0 Å². The molecule has 1 rings (SSSR count). The Labute approximate surface area is 94.6 Å². The zero-order valence-electron chi connectivity index (χ0n) is 10.6. The average Bonchev–Trinajstić information content (AvgIpc) is 2.25. The van der Waals surface area contributed by atoms with Crippen molar-refractivity contribution in [3.05, 3.63) is 0 Å². The lowest BCUT2D eigenvalue weighted by molar-refractivity contribution is 0.225. The van der Waals surface area contributed by atoms with Crippen LogP contribution in [0.5, 0.6) is 0 Å². The number of nitrogens with zero attached hydrogens (tertiary/aromatic N) is 1. The van der Waals surface area contributed by atoms with Crippen molar-refractivity contribution in [3.8, 4) is 0 Å². The second-order valence-electron chi connectivity index (χ2n) is 5.00. The van der Waals surface area contributed by atoms with Crippen LogP contribution < -0.4 is 10.6 Å². The van der Waals surface area contributed by atoms with Gasteiger partial charge in [-0.1, -0.05) is 13.8 Å². The monoisotopic (exact) mass is 213 g/mol. The van der Waals surface area contributed by atoms with Gasteiger partial charge in [0.2, 0.25) is 0 Å². The summed E-state index contributed by atoms with van der Waals surface area (Å²) in [5.74, 6) is 0.797. The molecule has 1 unspecified atom stereocenters. The molecule has 0 aromatic carbocycles. The molecule has 1 saturated heterocycles. The summed E-state index contributed by atoms with van der Waals surface area (Å²) in [4.78, 5) is 2.57. The van der Waals surface area contributed by atoms with E-state index in [1.165, 1.54) is 32.5 Å². The molecule has 90 valence electrons. The molecule has 0 aromatic heterocycles. The van der Waals surface area contributed by atoms with E-state index in [4.69, 9.17) is 0 Å². The van der Waals surface area contributed by atoms with Crippen LogP contribution in [0.4, 0.5) is 0 Å². The topological polar surface area (TPSA) is 27.3 Å². The number of hydrogen-bond acceptors (Lipinski definition) is 3. The summed E-state index contributed by atoms with van der Waals surface area (Å²) in [6, 6.07) is 0.694. The van der Waals surface area contributed by atoms with E-state index < -0.39 is 0 Å². The van der Waals surface area contributed by atoms with Gasteiger partial charge in [-0.05, 0) is 32.4 Å². The average molecular weight is 213 g/mol. The molecule has 0 radical (unpaired) electrons. The third kappa shape index (κ3) is 5.50. The van der Waals surface area contributed by atoms with Gasteiger partial charge in [-0.2, -0.15) is 0 Å². The van der Waals surface area contributed by atoms with Gasteiger partial charge in [-0.25, -0.2) is 0 Å². The van der Waals surface area contributed by atoms with Crippen molar-refractivity contribution in [1.29, 1.82) is 0 Å². The standard InChI is InChI=1S/C12H27N3/c1-11(2)10-12(13-3)4-7-15-8-5-14-6-9-15/h11-14H,4-10H2,1-3H3. The molecule has 0 bridgehead atoms. The van der Waals surface area contributed by atoms with Crippen LogP contribution in [-0.2, 0) is 0 Å². The van der Waals surface area contributed by atoms with Crippen LogP contribution in [-0.4, -0.2) is 50.7 Å². The molecule has 1 atom stereocenters. The van der Waals surface area contributed by atoms with E-state index in [1.54, 1.807) is 0 Å². The molecule has 2 N–H and O–H groups in total.